The number of hydrogen-bond acceptors (Lipinski definition) is 6. The maximum Gasteiger partial charge on any atom is 0.255 e. The van der Waals surface area contributed by atoms with Gasteiger partial charge in [-0.15, -0.1) is 0 Å². The first-order valence-electron chi connectivity index (χ1n) is 9.14. The maximum atomic E-state index is 12.0. The fraction of sp³-hybridized carbons (Fsp3) is 0.227. The van der Waals surface area contributed by atoms with Crippen molar-refractivity contribution >= 4 is 29.7 Å². The predicted octanol–water partition coefficient (Wildman–Crippen LogP) is 2.49. The summed E-state index contributed by atoms with van der Waals surface area (Å²) in [6.07, 6.45) is 3.10. The molecule has 0 aromatic heterocycles. The molecule has 0 radical (unpaired) electrons. The third-order valence-corrected chi connectivity index (χ3v) is 4.93. The van der Waals surface area contributed by atoms with E-state index in [1.54, 1.807) is 42.1 Å². The van der Waals surface area contributed by atoms with E-state index in [-0.39, 0.29) is 12.5 Å². The quantitative estimate of drug-likeness (QED) is 0.422. The molecule has 30 heavy (non-hydrogen) atoms. The molecule has 156 valence electrons. The Balaban J connectivity index is 1.77. The Labute approximate surface area is 179 Å². The van der Waals surface area contributed by atoms with Crippen molar-refractivity contribution in [1.82, 2.24) is 5.32 Å². The first-order chi connectivity index (χ1) is 14.5. The molecule has 0 bridgehead atoms. The topological polar surface area (TPSA) is 114 Å². The molecule has 7 nitrogen and oxygen atoms in total. The summed E-state index contributed by atoms with van der Waals surface area (Å²) in [5.74, 6) is 1.50. The Kier molecular flexibility index (Phi) is 9.28. The molecule has 2 rings (SSSR count). The number of carbonyl (C=O) groups excluding carboxylic acids is 2. The minimum atomic E-state index is -0.579. The lowest BCUT2D eigenvalue weighted by Gasteiger charge is -2.10. The fourth-order valence-electron chi connectivity index (χ4n) is 2.47. The van der Waals surface area contributed by atoms with Crippen LogP contribution in [0.15, 0.2) is 48.5 Å². The summed E-state index contributed by atoms with van der Waals surface area (Å²) in [7, 11) is 1.49. The molecular formula is C22H23N3O4S. The number of nitrogens with one attached hydrogen (secondary N) is 1. The van der Waals surface area contributed by atoms with Gasteiger partial charge in [-0.05, 0) is 35.4 Å². The minimum absolute atomic E-state index is 0.207. The Hall–Kier alpha value is -3.44. The predicted molar refractivity (Wildman–Crippen MR) is 117 cm³/mol. The van der Waals surface area contributed by atoms with Crippen molar-refractivity contribution in [2.75, 3.05) is 26.0 Å². The normalized spacial score (nSPS) is 10.4. The number of nitrogens with zero attached hydrogens (tertiary/aromatic N) is 1. The number of methoxy groups -OCH3 is 1. The summed E-state index contributed by atoms with van der Waals surface area (Å²) < 4.78 is 10.5. The number of benzene rings is 2. The molecule has 0 fully saturated rings. The Morgan fingerprint density at radius 1 is 1.23 bits per heavy atom. The van der Waals surface area contributed by atoms with E-state index in [1.807, 2.05) is 18.2 Å². The summed E-state index contributed by atoms with van der Waals surface area (Å²) in [5, 5.41) is 11.9. The van der Waals surface area contributed by atoms with Gasteiger partial charge in [0, 0.05) is 24.1 Å². The monoisotopic (exact) mass is 425 g/mol. The van der Waals surface area contributed by atoms with Crippen LogP contribution in [0.2, 0.25) is 0 Å². The van der Waals surface area contributed by atoms with Gasteiger partial charge in [0.1, 0.15) is 0 Å². The van der Waals surface area contributed by atoms with E-state index in [9.17, 15) is 9.59 Å². The molecule has 0 heterocycles. The molecule has 0 saturated heterocycles. The average molecular weight is 426 g/mol. The zero-order valence-corrected chi connectivity index (χ0v) is 17.4. The van der Waals surface area contributed by atoms with Crippen LogP contribution in [0.3, 0.4) is 0 Å². The molecule has 3 N–H and O–H groups in total. The van der Waals surface area contributed by atoms with Crippen molar-refractivity contribution in [3.63, 3.8) is 0 Å². The van der Waals surface area contributed by atoms with Crippen LogP contribution in [-0.4, -0.2) is 37.8 Å². The smallest absolute Gasteiger partial charge is 0.255 e. The second-order valence-corrected chi connectivity index (χ2v) is 7.22. The van der Waals surface area contributed by atoms with E-state index < -0.39 is 5.91 Å². The molecule has 0 unspecified atom stereocenters. The third-order valence-electron chi connectivity index (χ3n) is 3.93. The van der Waals surface area contributed by atoms with E-state index in [4.69, 9.17) is 20.5 Å². The van der Waals surface area contributed by atoms with Crippen LogP contribution in [0.25, 0.3) is 6.08 Å². The van der Waals surface area contributed by atoms with Crippen molar-refractivity contribution in [2.45, 2.75) is 5.75 Å². The number of thioether (sulfide) groups is 1. The standard InChI is InChI=1S/C22H23N3O4S/c1-28-20-12-16(6-8-19(20)29-14-21(24)26)7-9-22(27)25-10-11-30-15-18-5-3-2-4-17(18)13-23/h2-9,12H,10-11,14-15H2,1H3,(H2,24,26)(H,25,27)/b9-7+. The van der Waals surface area contributed by atoms with Crippen LogP contribution in [0.4, 0.5) is 0 Å². The number of amides is 2. The molecule has 2 aromatic rings. The molecule has 0 saturated carbocycles. The van der Waals surface area contributed by atoms with E-state index in [0.29, 0.717) is 23.6 Å². The number of carbonyl (C=O) groups is 2. The van der Waals surface area contributed by atoms with Gasteiger partial charge in [0.05, 0.1) is 18.7 Å². The van der Waals surface area contributed by atoms with Crippen LogP contribution in [0, 0.1) is 11.3 Å². The zero-order valence-electron chi connectivity index (χ0n) is 16.6. The molecular weight excluding hydrogens is 402 g/mol. The van der Waals surface area contributed by atoms with Crippen LogP contribution >= 0.6 is 11.8 Å². The third kappa shape index (κ3) is 7.53. The van der Waals surface area contributed by atoms with Crippen molar-refractivity contribution in [2.24, 2.45) is 5.73 Å². The van der Waals surface area contributed by atoms with Gasteiger partial charge < -0.3 is 20.5 Å². The summed E-state index contributed by atoms with van der Waals surface area (Å²) in [4.78, 5) is 22.8. The zero-order chi connectivity index (χ0) is 21.8. The van der Waals surface area contributed by atoms with Crippen LogP contribution < -0.4 is 20.5 Å². The van der Waals surface area contributed by atoms with Gasteiger partial charge in [-0.3, -0.25) is 9.59 Å². The van der Waals surface area contributed by atoms with Crippen molar-refractivity contribution < 1.29 is 19.1 Å². The van der Waals surface area contributed by atoms with E-state index in [0.717, 1.165) is 22.6 Å². The fourth-order valence-corrected chi connectivity index (χ4v) is 3.33. The second-order valence-electron chi connectivity index (χ2n) is 6.11. The van der Waals surface area contributed by atoms with E-state index in [2.05, 4.69) is 11.4 Å². The Morgan fingerprint density at radius 2 is 2.03 bits per heavy atom. The molecule has 2 aromatic carbocycles. The molecule has 8 heteroatoms. The Bertz CT molecular complexity index is 954. The highest BCUT2D eigenvalue weighted by molar-refractivity contribution is 7.98. The molecule has 2 amide bonds. The summed E-state index contributed by atoms with van der Waals surface area (Å²) in [6, 6.07) is 14.8. The lowest BCUT2D eigenvalue weighted by molar-refractivity contribution is -0.120. The van der Waals surface area contributed by atoms with E-state index >= 15 is 0 Å². The van der Waals surface area contributed by atoms with Crippen molar-refractivity contribution in [3.8, 4) is 17.6 Å². The summed E-state index contributed by atoms with van der Waals surface area (Å²) in [6.45, 7) is 0.278. The maximum absolute atomic E-state index is 12.0. The first-order valence-corrected chi connectivity index (χ1v) is 10.3. The highest BCUT2D eigenvalue weighted by atomic mass is 32.2. The number of hydrogen-bond donors (Lipinski definition) is 2. The molecule has 0 aliphatic carbocycles. The number of nitriles is 1. The van der Waals surface area contributed by atoms with Gasteiger partial charge in [0.25, 0.3) is 5.91 Å². The molecule has 0 aliphatic rings. The molecule has 0 aliphatic heterocycles. The van der Waals surface area contributed by atoms with Gasteiger partial charge >= 0.3 is 0 Å². The summed E-state index contributed by atoms with van der Waals surface area (Å²) in [5.41, 5.74) is 7.49. The van der Waals surface area contributed by atoms with Crippen molar-refractivity contribution in [3.05, 3.63) is 65.2 Å². The van der Waals surface area contributed by atoms with Gasteiger partial charge in [-0.1, -0.05) is 24.3 Å². The van der Waals surface area contributed by atoms with Crippen LogP contribution in [0.1, 0.15) is 16.7 Å². The van der Waals surface area contributed by atoms with Gasteiger partial charge in [0.15, 0.2) is 18.1 Å². The molecule has 0 atom stereocenters. The average Bonchev–Trinajstić information content (AvgIpc) is 2.76. The SMILES string of the molecule is COc1cc(/C=C/C(=O)NCCSCc2ccccc2C#N)ccc1OCC(N)=O. The van der Waals surface area contributed by atoms with E-state index in [1.165, 1.54) is 13.2 Å². The van der Waals surface area contributed by atoms with Crippen LogP contribution in [0.5, 0.6) is 11.5 Å². The highest BCUT2D eigenvalue weighted by Crippen LogP contribution is 2.28. The van der Waals surface area contributed by atoms with Crippen LogP contribution in [-0.2, 0) is 15.3 Å². The largest absolute Gasteiger partial charge is 0.493 e. The molecule has 0 spiro atoms. The summed E-state index contributed by atoms with van der Waals surface area (Å²) >= 11 is 1.65. The number of ether oxygens (including phenoxy) is 2. The number of nitrogens with two attached hydrogens (primary N) is 1. The second kappa shape index (κ2) is 12.2. The first kappa shape index (κ1) is 22.8. The van der Waals surface area contributed by atoms with Crippen molar-refractivity contribution in [1.29, 1.82) is 5.26 Å². The number of primary amides is 1. The lowest BCUT2D eigenvalue weighted by Crippen LogP contribution is -2.23. The minimum Gasteiger partial charge on any atom is -0.493 e. The Morgan fingerprint density at radius 3 is 2.77 bits per heavy atom. The lowest BCUT2D eigenvalue weighted by atomic mass is 10.1. The highest BCUT2D eigenvalue weighted by Gasteiger charge is 2.06. The van der Waals surface area contributed by atoms with Gasteiger partial charge in [-0.25, -0.2) is 0 Å². The van der Waals surface area contributed by atoms with Gasteiger partial charge in [-0.2, -0.15) is 17.0 Å². The number of rotatable bonds is 11. The van der Waals surface area contributed by atoms with Gasteiger partial charge in [0.2, 0.25) is 5.91 Å².